The van der Waals surface area contributed by atoms with Gasteiger partial charge in [-0.1, -0.05) is 157 Å². The fraction of sp³-hybridized carbons (Fsp3) is 0.0667. The van der Waals surface area contributed by atoms with E-state index in [9.17, 15) is 9.59 Å². The van der Waals surface area contributed by atoms with E-state index in [1.54, 1.807) is 0 Å². The van der Waals surface area contributed by atoms with E-state index in [2.05, 4.69) is 35.2 Å². The van der Waals surface area contributed by atoms with Gasteiger partial charge in [0.05, 0.1) is 11.4 Å². The van der Waals surface area contributed by atoms with Gasteiger partial charge in [0.2, 0.25) is 0 Å². The number of hydrogen-bond donors (Lipinski definition) is 0. The third-order valence-corrected chi connectivity index (χ3v) is 12.1. The van der Waals surface area contributed by atoms with Crippen molar-refractivity contribution in [1.29, 1.82) is 0 Å². The molecule has 0 aliphatic carbocycles. The molecule has 0 bridgehead atoms. The first kappa shape index (κ1) is 40.8. The van der Waals surface area contributed by atoms with Gasteiger partial charge < -0.3 is 14.4 Å². The summed E-state index contributed by atoms with van der Waals surface area (Å²) < 4.78 is 12.7. The Labute approximate surface area is 379 Å². The van der Waals surface area contributed by atoms with Crippen LogP contribution in [0.3, 0.4) is 0 Å². The number of fused-ring (bicyclic) bond motifs is 2. The molecule has 9 aromatic carbocycles. The van der Waals surface area contributed by atoms with E-state index < -0.39 is 0 Å². The lowest BCUT2D eigenvalue weighted by Gasteiger charge is -2.32. The summed E-state index contributed by atoms with van der Waals surface area (Å²) in [6.07, 6.45) is 0.644. The van der Waals surface area contributed by atoms with Crippen LogP contribution in [0.5, 0.6) is 23.0 Å². The van der Waals surface area contributed by atoms with Gasteiger partial charge in [-0.05, 0) is 120 Å². The lowest BCUT2D eigenvalue weighted by molar-refractivity contribution is 0.102. The summed E-state index contributed by atoms with van der Waals surface area (Å²) in [5.41, 5.74) is 13.3. The Morgan fingerprint density at radius 3 is 1.48 bits per heavy atom. The fourth-order valence-corrected chi connectivity index (χ4v) is 8.51. The maximum absolute atomic E-state index is 14.8. The van der Waals surface area contributed by atoms with Crippen molar-refractivity contribution in [3.63, 3.8) is 0 Å². The highest BCUT2D eigenvalue weighted by molar-refractivity contribution is 6.18. The van der Waals surface area contributed by atoms with Crippen LogP contribution in [0.2, 0.25) is 0 Å². The van der Waals surface area contributed by atoms with Crippen LogP contribution < -0.4 is 14.4 Å². The highest BCUT2D eigenvalue weighted by Crippen LogP contribution is 2.50. The van der Waals surface area contributed by atoms with Crippen molar-refractivity contribution in [2.75, 3.05) is 4.90 Å². The highest BCUT2D eigenvalue weighted by Gasteiger charge is 2.27. The number of carbonyl (C=O) groups is 2. The predicted octanol–water partition coefficient (Wildman–Crippen LogP) is 15.4. The first-order valence-electron chi connectivity index (χ1n) is 21.9. The molecule has 1 aliphatic rings. The number of anilines is 3. The van der Waals surface area contributed by atoms with E-state index in [0.717, 1.165) is 79.0 Å². The molecule has 0 amide bonds. The molecule has 5 nitrogen and oxygen atoms in total. The normalized spacial score (nSPS) is 11.6. The molecule has 0 saturated heterocycles. The maximum Gasteiger partial charge on any atom is 0.193 e. The minimum absolute atomic E-state index is 0.125. The Hall–Kier alpha value is -8.28. The topological polar surface area (TPSA) is 55.8 Å². The quantitative estimate of drug-likeness (QED) is 0.121. The standard InChI is InChI=1S/C60H45NO4/c1-39-20-26-45(27-21-39)59(62)51-38-50(44-32-34-48(35-33-44)61-53-14-6-10-18-57(53)65-58-19-11-7-15-54(58)61)52(60(63)46-28-22-40(2)23-29-46)37-49(51)43-30-24-42(25-31-43)36-47-13-5-9-17-56(47)64-55-16-8-4-12-41(55)3/h4-35,37-38H,36H2,1-3H3. The number of para-hydroxylation sites is 6. The lowest BCUT2D eigenvalue weighted by atomic mass is 9.85. The summed E-state index contributed by atoms with van der Waals surface area (Å²) in [5.74, 6) is 2.91. The fourth-order valence-electron chi connectivity index (χ4n) is 8.51. The van der Waals surface area contributed by atoms with Gasteiger partial charge in [-0.25, -0.2) is 0 Å². The first-order chi connectivity index (χ1) is 31.8. The minimum atomic E-state index is -0.127. The van der Waals surface area contributed by atoms with E-state index in [-0.39, 0.29) is 11.6 Å². The summed E-state index contributed by atoms with van der Waals surface area (Å²) in [6, 6.07) is 67.7. The van der Waals surface area contributed by atoms with Crippen LogP contribution in [0.1, 0.15) is 59.7 Å². The number of nitrogens with zero attached hydrogens (tertiary/aromatic N) is 1. The number of aryl methyl sites for hydroxylation is 3. The number of carbonyl (C=O) groups excluding carboxylic acids is 2. The lowest BCUT2D eigenvalue weighted by Crippen LogP contribution is -2.15. The van der Waals surface area contributed by atoms with E-state index in [1.165, 1.54) is 0 Å². The Kier molecular flexibility index (Phi) is 11.0. The summed E-state index contributed by atoms with van der Waals surface area (Å²) >= 11 is 0. The zero-order valence-electron chi connectivity index (χ0n) is 36.4. The van der Waals surface area contributed by atoms with Gasteiger partial charge in [0.1, 0.15) is 11.5 Å². The second kappa shape index (κ2) is 17.5. The molecule has 0 unspecified atom stereocenters. The van der Waals surface area contributed by atoms with Crippen molar-refractivity contribution in [1.82, 2.24) is 0 Å². The van der Waals surface area contributed by atoms with E-state index in [4.69, 9.17) is 9.47 Å². The Bertz CT molecular complexity index is 3180. The van der Waals surface area contributed by atoms with E-state index in [1.807, 2.05) is 197 Å². The van der Waals surface area contributed by atoms with Crippen molar-refractivity contribution in [2.45, 2.75) is 27.2 Å². The summed E-state index contributed by atoms with van der Waals surface area (Å²) in [6.45, 7) is 6.06. The van der Waals surface area contributed by atoms with Gasteiger partial charge in [0, 0.05) is 34.4 Å². The van der Waals surface area contributed by atoms with Gasteiger partial charge in [0.15, 0.2) is 23.1 Å². The van der Waals surface area contributed by atoms with E-state index >= 15 is 0 Å². The zero-order valence-corrected chi connectivity index (χ0v) is 36.4. The molecule has 9 aromatic rings. The number of ether oxygens (including phenoxy) is 2. The maximum atomic E-state index is 14.8. The van der Waals surface area contributed by atoms with Crippen molar-refractivity contribution in [3.05, 3.63) is 256 Å². The molecule has 0 N–H and O–H groups in total. The third kappa shape index (κ3) is 8.24. The molecule has 0 saturated carbocycles. The van der Waals surface area contributed by atoms with Crippen LogP contribution in [-0.2, 0) is 6.42 Å². The predicted molar refractivity (Wildman–Crippen MR) is 262 cm³/mol. The van der Waals surface area contributed by atoms with Crippen LogP contribution in [0.15, 0.2) is 206 Å². The number of hydrogen-bond acceptors (Lipinski definition) is 5. The molecular weight excluding hydrogens is 799 g/mol. The third-order valence-electron chi connectivity index (χ3n) is 12.1. The van der Waals surface area contributed by atoms with Gasteiger partial charge in [-0.3, -0.25) is 9.59 Å². The molecule has 314 valence electrons. The minimum Gasteiger partial charge on any atom is -0.457 e. The van der Waals surface area contributed by atoms with Gasteiger partial charge in [-0.2, -0.15) is 0 Å². The first-order valence-corrected chi connectivity index (χ1v) is 21.9. The van der Waals surface area contributed by atoms with Gasteiger partial charge in [0.25, 0.3) is 0 Å². The second-order valence-electron chi connectivity index (χ2n) is 16.6. The molecule has 1 heterocycles. The molecule has 10 rings (SSSR count). The molecule has 0 fully saturated rings. The van der Waals surface area contributed by atoms with Gasteiger partial charge in [-0.15, -0.1) is 0 Å². The molecule has 5 heteroatoms. The molecule has 65 heavy (non-hydrogen) atoms. The van der Waals surface area contributed by atoms with E-state index in [0.29, 0.717) is 39.8 Å². The number of benzene rings is 9. The highest BCUT2D eigenvalue weighted by atomic mass is 16.5. The van der Waals surface area contributed by atoms with Crippen molar-refractivity contribution in [2.24, 2.45) is 0 Å². The zero-order chi connectivity index (χ0) is 44.4. The Balaban J connectivity index is 1.08. The smallest absolute Gasteiger partial charge is 0.193 e. The molecule has 0 spiro atoms. The van der Waals surface area contributed by atoms with Crippen LogP contribution >= 0.6 is 0 Å². The average Bonchev–Trinajstić information content (AvgIpc) is 3.34. The Morgan fingerprint density at radius 1 is 0.477 bits per heavy atom. The molecule has 0 radical (unpaired) electrons. The average molecular weight is 844 g/mol. The van der Waals surface area contributed by atoms with Crippen molar-refractivity contribution >= 4 is 28.6 Å². The van der Waals surface area contributed by atoms with Crippen LogP contribution in [0.25, 0.3) is 22.3 Å². The molecule has 0 aromatic heterocycles. The Morgan fingerprint density at radius 2 is 0.938 bits per heavy atom. The largest absolute Gasteiger partial charge is 0.457 e. The summed E-state index contributed by atoms with van der Waals surface area (Å²) in [4.78, 5) is 31.8. The van der Waals surface area contributed by atoms with Gasteiger partial charge >= 0.3 is 0 Å². The SMILES string of the molecule is Cc1ccc(C(=O)c2cc(-c3ccc(N4c5ccccc5Oc5ccccc54)cc3)c(C(=O)c3ccc(C)cc3)cc2-c2ccc(Cc3ccccc3Oc3ccccc3C)cc2)cc1. The number of rotatable bonds is 11. The second-order valence-corrected chi connectivity index (χ2v) is 16.6. The monoisotopic (exact) mass is 843 g/mol. The van der Waals surface area contributed by atoms with Crippen LogP contribution in [0.4, 0.5) is 17.1 Å². The molecule has 1 aliphatic heterocycles. The van der Waals surface area contributed by atoms with Crippen molar-refractivity contribution < 1.29 is 19.1 Å². The molecular formula is C60H45NO4. The number of ketones is 2. The molecule has 0 atom stereocenters. The summed E-state index contributed by atoms with van der Waals surface area (Å²) in [5, 5.41) is 0. The van der Waals surface area contributed by atoms with Crippen molar-refractivity contribution in [3.8, 4) is 45.3 Å². The van der Waals surface area contributed by atoms with Crippen LogP contribution in [-0.4, -0.2) is 11.6 Å². The van der Waals surface area contributed by atoms with Crippen LogP contribution in [0, 0.1) is 20.8 Å². The summed E-state index contributed by atoms with van der Waals surface area (Å²) in [7, 11) is 0.